The fourth-order valence-electron chi connectivity index (χ4n) is 2.92. The molecule has 0 saturated carbocycles. The lowest BCUT2D eigenvalue weighted by molar-refractivity contribution is -0.138. The Morgan fingerprint density at radius 2 is 1.89 bits per heavy atom. The van der Waals surface area contributed by atoms with Gasteiger partial charge < -0.3 is 10.1 Å². The molecule has 13 heteroatoms. The van der Waals surface area contributed by atoms with Crippen LogP contribution in [0.3, 0.4) is 0 Å². The Hall–Kier alpha value is -2.96. The molecule has 9 nitrogen and oxygen atoms in total. The quantitative estimate of drug-likeness (QED) is 0.436. The molecule has 0 aliphatic carbocycles. The van der Waals surface area contributed by atoms with Gasteiger partial charge in [0.15, 0.2) is 0 Å². The highest BCUT2D eigenvalue weighted by atomic mass is 32.1. The van der Waals surface area contributed by atoms with E-state index in [-0.39, 0.29) is 22.4 Å². The number of aromatic nitrogens is 2. The van der Waals surface area contributed by atoms with Crippen LogP contribution in [0, 0.1) is 5.92 Å². The van der Waals surface area contributed by atoms with Crippen molar-refractivity contribution in [3.8, 4) is 0 Å². The molecule has 1 aromatic heterocycles. The number of carbonyl (C=O) groups excluding carboxylic acids is 3. The Morgan fingerprint density at radius 3 is 2.34 bits per heavy atom. The molecular formula is C22H30F3N5O4S. The summed E-state index contributed by atoms with van der Waals surface area (Å²) in [7, 11) is 1.27. The molecule has 1 fully saturated rings. The number of halogens is 3. The van der Waals surface area contributed by atoms with Crippen LogP contribution >= 0.6 is 11.3 Å². The van der Waals surface area contributed by atoms with Gasteiger partial charge in [-0.2, -0.15) is 13.2 Å². The van der Waals surface area contributed by atoms with Crippen molar-refractivity contribution in [2.24, 2.45) is 5.92 Å². The SMILES string of the molecule is C=C(C(C)C)[C@@H](/C=C/C(=O)N(C)c1nnc(C(F)(F)F)s1)NC(=O)[C@@H]1CCN1C(=O)OC(C)(C)C. The summed E-state index contributed by atoms with van der Waals surface area (Å²) in [6.45, 7) is 13.3. The normalized spacial score (nSPS) is 17.2. The zero-order valence-corrected chi connectivity index (χ0v) is 21.3. The molecule has 1 aromatic rings. The number of rotatable bonds is 7. The van der Waals surface area contributed by atoms with E-state index in [1.807, 2.05) is 13.8 Å². The van der Waals surface area contributed by atoms with Gasteiger partial charge in [0, 0.05) is 19.7 Å². The van der Waals surface area contributed by atoms with Crippen LogP contribution in [0.2, 0.25) is 0 Å². The number of likely N-dealkylation sites (N-methyl/N-ethyl adjacent to an activating group) is 1. The van der Waals surface area contributed by atoms with E-state index in [1.165, 1.54) is 18.0 Å². The minimum absolute atomic E-state index is 0.0568. The second kappa shape index (κ2) is 10.8. The first-order valence-corrected chi connectivity index (χ1v) is 11.7. The second-order valence-corrected chi connectivity index (χ2v) is 10.3. The van der Waals surface area contributed by atoms with Crippen LogP contribution in [-0.2, 0) is 20.5 Å². The number of amides is 3. The van der Waals surface area contributed by atoms with Crippen LogP contribution in [0.15, 0.2) is 24.3 Å². The molecule has 35 heavy (non-hydrogen) atoms. The number of hydrogen-bond acceptors (Lipinski definition) is 7. The van der Waals surface area contributed by atoms with E-state index in [4.69, 9.17) is 4.74 Å². The third-order valence-corrected chi connectivity index (χ3v) is 6.14. The molecule has 0 aromatic carbocycles. The molecule has 2 heterocycles. The Bertz CT molecular complexity index is 1000. The lowest BCUT2D eigenvalue weighted by Crippen LogP contribution is -2.60. The molecular weight excluding hydrogens is 487 g/mol. The number of nitrogens with zero attached hydrogens (tertiary/aromatic N) is 4. The highest BCUT2D eigenvalue weighted by molar-refractivity contribution is 7.15. The molecule has 1 aliphatic rings. The van der Waals surface area contributed by atoms with Crippen LogP contribution in [0.4, 0.5) is 23.1 Å². The van der Waals surface area contributed by atoms with Gasteiger partial charge in [0.1, 0.15) is 11.6 Å². The summed E-state index contributed by atoms with van der Waals surface area (Å²) in [5.74, 6) is -1.15. The summed E-state index contributed by atoms with van der Waals surface area (Å²) in [6.07, 6.45) is -2.27. The van der Waals surface area contributed by atoms with Crippen molar-refractivity contribution in [1.29, 1.82) is 0 Å². The van der Waals surface area contributed by atoms with Crippen molar-refractivity contribution in [3.63, 3.8) is 0 Å². The van der Waals surface area contributed by atoms with Gasteiger partial charge in [0.25, 0.3) is 5.91 Å². The molecule has 0 spiro atoms. The minimum atomic E-state index is -4.66. The standard InChI is InChI=1S/C22H30F3N5O4S/c1-12(2)13(3)14(26-17(32)15-10-11-30(15)20(33)34-21(4,5)6)8-9-16(31)29(7)19-28-27-18(35-19)22(23,24)25/h8-9,12,14-15H,3,10-11H2,1-2,4-7H3,(H,26,32)/b9-8+/t14-,15+/m1/s1. The number of hydrogen-bond donors (Lipinski definition) is 1. The first kappa shape index (κ1) is 28.3. The summed E-state index contributed by atoms with van der Waals surface area (Å²) >= 11 is 0.241. The second-order valence-electron chi connectivity index (χ2n) is 9.34. The number of likely N-dealkylation sites (tertiary alicyclic amines) is 1. The zero-order valence-electron chi connectivity index (χ0n) is 20.5. The third-order valence-electron chi connectivity index (χ3n) is 5.09. The van der Waals surface area contributed by atoms with Gasteiger partial charge in [-0.3, -0.25) is 19.4 Å². The predicted molar refractivity (Wildman–Crippen MR) is 125 cm³/mol. The molecule has 2 atom stereocenters. The average molecular weight is 518 g/mol. The predicted octanol–water partition coefficient (Wildman–Crippen LogP) is 3.78. The van der Waals surface area contributed by atoms with Gasteiger partial charge in [-0.1, -0.05) is 37.8 Å². The van der Waals surface area contributed by atoms with Crippen LogP contribution in [0.5, 0.6) is 0 Å². The first-order chi connectivity index (χ1) is 16.0. The van der Waals surface area contributed by atoms with Crippen molar-refractivity contribution >= 4 is 34.4 Å². The summed E-state index contributed by atoms with van der Waals surface area (Å²) in [6, 6.07) is -1.47. The summed E-state index contributed by atoms with van der Waals surface area (Å²) in [4.78, 5) is 40.0. The lowest BCUT2D eigenvalue weighted by Gasteiger charge is -2.40. The Morgan fingerprint density at radius 1 is 1.26 bits per heavy atom. The Labute approximate surface area is 206 Å². The monoisotopic (exact) mass is 517 g/mol. The van der Waals surface area contributed by atoms with E-state index in [0.29, 0.717) is 18.5 Å². The summed E-state index contributed by atoms with van der Waals surface area (Å²) in [5, 5.41) is 7.88. The van der Waals surface area contributed by atoms with Crippen molar-refractivity contribution < 1.29 is 32.3 Å². The fourth-order valence-corrected chi connectivity index (χ4v) is 3.60. The van der Waals surface area contributed by atoms with Gasteiger partial charge in [0.2, 0.25) is 16.0 Å². The van der Waals surface area contributed by atoms with Gasteiger partial charge in [-0.05, 0) is 38.7 Å². The highest BCUT2D eigenvalue weighted by Crippen LogP contribution is 2.34. The number of anilines is 1. The molecule has 194 valence electrons. The van der Waals surface area contributed by atoms with Crippen LogP contribution < -0.4 is 10.2 Å². The molecule has 2 rings (SSSR count). The molecule has 1 N–H and O–H groups in total. The largest absolute Gasteiger partial charge is 0.445 e. The molecule has 0 bridgehead atoms. The molecule has 3 amide bonds. The van der Waals surface area contributed by atoms with E-state index in [1.54, 1.807) is 20.8 Å². The number of nitrogens with one attached hydrogen (secondary N) is 1. The van der Waals surface area contributed by atoms with Gasteiger partial charge >= 0.3 is 12.3 Å². The topological polar surface area (TPSA) is 105 Å². The van der Waals surface area contributed by atoms with E-state index < -0.39 is 46.8 Å². The number of alkyl halides is 3. The van der Waals surface area contributed by atoms with E-state index in [2.05, 4.69) is 22.1 Å². The van der Waals surface area contributed by atoms with Gasteiger partial charge in [-0.25, -0.2) is 4.79 Å². The lowest BCUT2D eigenvalue weighted by atomic mass is 9.95. The number of carbonyl (C=O) groups is 3. The minimum Gasteiger partial charge on any atom is -0.444 e. The zero-order chi connectivity index (χ0) is 26.7. The van der Waals surface area contributed by atoms with Crippen LogP contribution in [0.25, 0.3) is 0 Å². The van der Waals surface area contributed by atoms with Crippen molar-refractivity contribution in [3.05, 3.63) is 29.3 Å². The fraction of sp³-hybridized carbons (Fsp3) is 0.591. The van der Waals surface area contributed by atoms with Gasteiger partial charge in [-0.15, -0.1) is 10.2 Å². The summed E-state index contributed by atoms with van der Waals surface area (Å²) in [5.41, 5.74) is -0.103. The Balaban J connectivity index is 2.11. The van der Waals surface area contributed by atoms with Gasteiger partial charge in [0.05, 0.1) is 6.04 Å². The van der Waals surface area contributed by atoms with Crippen LogP contribution in [-0.4, -0.2) is 64.3 Å². The van der Waals surface area contributed by atoms with E-state index in [0.717, 1.165) is 11.0 Å². The smallest absolute Gasteiger partial charge is 0.444 e. The molecule has 1 aliphatic heterocycles. The van der Waals surface area contributed by atoms with Crippen molar-refractivity contribution in [1.82, 2.24) is 20.4 Å². The Kier molecular flexibility index (Phi) is 8.69. The van der Waals surface area contributed by atoms with Crippen LogP contribution in [0.1, 0.15) is 46.0 Å². The summed E-state index contributed by atoms with van der Waals surface area (Å²) < 4.78 is 43.6. The maximum absolute atomic E-state index is 12.9. The molecule has 0 radical (unpaired) electrons. The van der Waals surface area contributed by atoms with E-state index in [9.17, 15) is 27.6 Å². The third kappa shape index (κ3) is 7.51. The van der Waals surface area contributed by atoms with Crippen molar-refractivity contribution in [2.75, 3.05) is 18.5 Å². The maximum Gasteiger partial charge on any atom is 0.445 e. The first-order valence-electron chi connectivity index (χ1n) is 10.9. The van der Waals surface area contributed by atoms with E-state index >= 15 is 0 Å². The highest BCUT2D eigenvalue weighted by Gasteiger charge is 2.40. The average Bonchev–Trinajstić information content (AvgIpc) is 3.17. The molecule has 0 unspecified atom stereocenters. The number of ether oxygens (including phenoxy) is 1. The molecule has 1 saturated heterocycles. The van der Waals surface area contributed by atoms with Crippen molar-refractivity contribution in [2.45, 2.75) is 64.9 Å². The maximum atomic E-state index is 12.9.